The molecule has 0 atom stereocenters. The first kappa shape index (κ1) is 23.1. The smallest absolute Gasteiger partial charge is 0.243 e. The number of fused-ring (bicyclic) bond motifs is 1. The van der Waals surface area contributed by atoms with Gasteiger partial charge in [-0.25, -0.2) is 8.42 Å². The molecule has 8 heteroatoms. The minimum Gasteiger partial charge on any atom is -0.356 e. The molecule has 1 saturated heterocycles. The van der Waals surface area contributed by atoms with E-state index >= 15 is 0 Å². The average Bonchev–Trinajstić information content (AvgIpc) is 2.70. The van der Waals surface area contributed by atoms with Crippen molar-refractivity contribution in [2.24, 2.45) is 5.92 Å². The maximum atomic E-state index is 13.0. The molecule has 6 nitrogen and oxygen atoms in total. The zero-order chi connectivity index (χ0) is 19.3. The normalized spacial score (nSPS) is 18.2. The molecule has 1 aromatic rings. The van der Waals surface area contributed by atoms with E-state index < -0.39 is 10.0 Å². The minimum absolute atomic E-state index is 0. The Morgan fingerprint density at radius 1 is 1.11 bits per heavy atom. The molecule has 2 aliphatic rings. The topological polar surface area (TPSA) is 78.5 Å². The van der Waals surface area contributed by atoms with Crippen LogP contribution in [0.1, 0.15) is 43.2 Å². The van der Waals surface area contributed by atoms with Gasteiger partial charge in [0.15, 0.2) is 0 Å². The second-order valence-corrected chi connectivity index (χ2v) is 9.50. The van der Waals surface area contributed by atoms with Crippen molar-refractivity contribution in [2.75, 3.05) is 33.2 Å². The van der Waals surface area contributed by atoms with Crippen LogP contribution >= 0.6 is 12.4 Å². The highest BCUT2D eigenvalue weighted by Crippen LogP contribution is 2.28. The summed E-state index contributed by atoms with van der Waals surface area (Å²) in [6.07, 6.45) is 6.39. The molecule has 0 saturated carbocycles. The summed E-state index contributed by atoms with van der Waals surface area (Å²) in [5, 5.41) is 6.01. The molecule has 28 heavy (non-hydrogen) atoms. The predicted molar refractivity (Wildman–Crippen MR) is 113 cm³/mol. The number of sulfonamides is 1. The number of hydrogen-bond acceptors (Lipinski definition) is 4. The first-order chi connectivity index (χ1) is 13.0. The van der Waals surface area contributed by atoms with Gasteiger partial charge in [-0.1, -0.05) is 6.07 Å². The summed E-state index contributed by atoms with van der Waals surface area (Å²) in [5.41, 5.74) is 2.46. The van der Waals surface area contributed by atoms with Crippen LogP contribution in [0.2, 0.25) is 0 Å². The second-order valence-electron chi connectivity index (χ2n) is 7.56. The van der Waals surface area contributed by atoms with Crippen LogP contribution in [0.25, 0.3) is 0 Å². The van der Waals surface area contributed by atoms with Crippen LogP contribution in [0.4, 0.5) is 0 Å². The lowest BCUT2D eigenvalue weighted by Gasteiger charge is -2.31. The predicted octanol–water partition coefficient (Wildman–Crippen LogP) is 2.11. The quantitative estimate of drug-likeness (QED) is 0.650. The minimum atomic E-state index is -3.48. The van der Waals surface area contributed by atoms with Gasteiger partial charge in [0.25, 0.3) is 0 Å². The Balaban J connectivity index is 0.00000280. The lowest BCUT2D eigenvalue weighted by molar-refractivity contribution is -0.126. The molecular weight excluding hydrogens is 398 g/mol. The Kier molecular flexibility index (Phi) is 8.74. The van der Waals surface area contributed by atoms with Crippen molar-refractivity contribution in [3.05, 3.63) is 29.3 Å². The van der Waals surface area contributed by atoms with Crippen LogP contribution in [-0.4, -0.2) is 51.9 Å². The maximum Gasteiger partial charge on any atom is 0.243 e. The van der Waals surface area contributed by atoms with Crippen LogP contribution in [0, 0.1) is 5.92 Å². The van der Waals surface area contributed by atoms with Crippen molar-refractivity contribution in [3.63, 3.8) is 0 Å². The van der Waals surface area contributed by atoms with Gasteiger partial charge in [-0.15, -0.1) is 12.4 Å². The van der Waals surface area contributed by atoms with E-state index in [9.17, 15) is 13.2 Å². The van der Waals surface area contributed by atoms with Crippen LogP contribution in [-0.2, 0) is 27.7 Å². The largest absolute Gasteiger partial charge is 0.356 e. The van der Waals surface area contributed by atoms with Crippen molar-refractivity contribution >= 4 is 28.3 Å². The number of rotatable bonds is 7. The van der Waals surface area contributed by atoms with E-state index in [1.54, 1.807) is 10.4 Å². The number of amides is 1. The Morgan fingerprint density at radius 2 is 1.79 bits per heavy atom. The highest BCUT2D eigenvalue weighted by atomic mass is 35.5. The van der Waals surface area contributed by atoms with Gasteiger partial charge in [0.2, 0.25) is 15.9 Å². The van der Waals surface area contributed by atoms with Gasteiger partial charge in [-0.2, -0.15) is 4.31 Å². The second kappa shape index (κ2) is 10.6. The maximum absolute atomic E-state index is 13.0. The first-order valence-corrected chi connectivity index (χ1v) is 11.5. The first-order valence-electron chi connectivity index (χ1n) is 10.1. The number of nitrogens with one attached hydrogen (secondary N) is 2. The standard InChI is InChI=1S/C20H31N3O3S.ClH/c1-21-11-4-12-22-20(24)17-9-13-23(14-10-17)27(25,26)19-8-7-16-5-2-3-6-18(16)15-19;/h7-8,15,17,21H,2-6,9-14H2,1H3,(H,22,24);1H. The Hall–Kier alpha value is -1.15. The Morgan fingerprint density at radius 3 is 2.46 bits per heavy atom. The highest BCUT2D eigenvalue weighted by Gasteiger charge is 2.32. The summed E-state index contributed by atoms with van der Waals surface area (Å²) in [6.45, 7) is 2.35. The van der Waals surface area contributed by atoms with Gasteiger partial charge in [0.1, 0.15) is 0 Å². The molecule has 3 rings (SSSR count). The van der Waals surface area contributed by atoms with Gasteiger partial charge in [-0.05, 0) is 81.8 Å². The molecule has 0 unspecified atom stereocenters. The number of hydrogen-bond donors (Lipinski definition) is 2. The molecule has 1 aliphatic heterocycles. The molecule has 0 bridgehead atoms. The Labute approximate surface area is 174 Å². The third-order valence-electron chi connectivity index (χ3n) is 5.69. The lowest BCUT2D eigenvalue weighted by atomic mass is 9.92. The van der Waals surface area contributed by atoms with E-state index in [1.807, 2.05) is 19.2 Å². The summed E-state index contributed by atoms with van der Waals surface area (Å²) >= 11 is 0. The summed E-state index contributed by atoms with van der Waals surface area (Å²) in [7, 11) is -1.59. The van der Waals surface area contributed by atoms with Crippen molar-refractivity contribution in [1.82, 2.24) is 14.9 Å². The molecule has 1 amide bonds. The third kappa shape index (κ3) is 5.47. The molecule has 0 spiro atoms. The van der Waals surface area contributed by atoms with Crippen LogP contribution < -0.4 is 10.6 Å². The van der Waals surface area contributed by atoms with Crippen molar-refractivity contribution in [1.29, 1.82) is 0 Å². The van der Waals surface area contributed by atoms with Crippen LogP contribution in [0.3, 0.4) is 0 Å². The van der Waals surface area contributed by atoms with E-state index in [-0.39, 0.29) is 24.2 Å². The van der Waals surface area contributed by atoms with Crippen molar-refractivity contribution in [2.45, 2.75) is 49.8 Å². The number of carbonyl (C=O) groups excluding carboxylic acids is 1. The number of piperidine rings is 1. The summed E-state index contributed by atoms with van der Waals surface area (Å²) in [4.78, 5) is 12.6. The SMILES string of the molecule is CNCCCNC(=O)C1CCN(S(=O)(=O)c2ccc3c(c2)CCCC3)CC1.Cl. The van der Waals surface area contributed by atoms with Gasteiger partial charge in [0, 0.05) is 25.6 Å². The highest BCUT2D eigenvalue weighted by molar-refractivity contribution is 7.89. The molecule has 1 fully saturated rings. The fraction of sp³-hybridized carbons (Fsp3) is 0.650. The van der Waals surface area contributed by atoms with Crippen molar-refractivity contribution < 1.29 is 13.2 Å². The fourth-order valence-corrected chi connectivity index (χ4v) is 5.52. The summed E-state index contributed by atoms with van der Waals surface area (Å²) < 4.78 is 27.6. The third-order valence-corrected chi connectivity index (χ3v) is 7.58. The monoisotopic (exact) mass is 429 g/mol. The van der Waals surface area contributed by atoms with Crippen molar-refractivity contribution in [3.8, 4) is 0 Å². The lowest BCUT2D eigenvalue weighted by Crippen LogP contribution is -2.43. The molecule has 158 valence electrons. The Bertz CT molecular complexity index is 762. The summed E-state index contributed by atoms with van der Waals surface area (Å²) in [5.74, 6) is -0.0356. The van der Waals surface area contributed by atoms with E-state index in [2.05, 4.69) is 10.6 Å². The number of benzene rings is 1. The number of halogens is 1. The molecule has 0 radical (unpaired) electrons. The molecule has 1 heterocycles. The van der Waals surface area contributed by atoms with E-state index in [1.165, 1.54) is 17.5 Å². The zero-order valence-corrected chi connectivity index (χ0v) is 18.2. The van der Waals surface area contributed by atoms with E-state index in [4.69, 9.17) is 0 Å². The average molecular weight is 430 g/mol. The molecular formula is C20H32ClN3O3S. The molecule has 0 aromatic heterocycles. The molecule has 2 N–H and O–H groups in total. The zero-order valence-electron chi connectivity index (χ0n) is 16.6. The fourth-order valence-electron chi connectivity index (χ4n) is 4.00. The van der Waals surface area contributed by atoms with Crippen LogP contribution in [0.15, 0.2) is 23.1 Å². The number of carbonyl (C=O) groups is 1. The summed E-state index contributed by atoms with van der Waals surface area (Å²) in [6, 6.07) is 5.59. The van der Waals surface area contributed by atoms with Gasteiger partial charge in [0.05, 0.1) is 4.90 Å². The van der Waals surface area contributed by atoms with Gasteiger partial charge in [-0.3, -0.25) is 4.79 Å². The molecule has 1 aromatic carbocycles. The van der Waals surface area contributed by atoms with E-state index in [0.717, 1.165) is 32.2 Å². The number of aryl methyl sites for hydroxylation is 2. The van der Waals surface area contributed by atoms with Crippen LogP contribution in [0.5, 0.6) is 0 Å². The van der Waals surface area contributed by atoms with Gasteiger partial charge < -0.3 is 10.6 Å². The molecule has 1 aliphatic carbocycles. The number of nitrogens with zero attached hydrogens (tertiary/aromatic N) is 1. The van der Waals surface area contributed by atoms with Gasteiger partial charge >= 0.3 is 0 Å². The van der Waals surface area contributed by atoms with E-state index in [0.29, 0.717) is 37.4 Å².